The maximum Gasteiger partial charge on any atom is 0.251 e. The van der Waals surface area contributed by atoms with Crippen LogP contribution in [-0.2, 0) is 17.9 Å². The summed E-state index contributed by atoms with van der Waals surface area (Å²) in [5.74, 6) is 0.533. The van der Waals surface area contributed by atoms with Crippen molar-refractivity contribution >= 4 is 23.6 Å². The van der Waals surface area contributed by atoms with Crippen LogP contribution < -0.4 is 5.32 Å². The van der Waals surface area contributed by atoms with Gasteiger partial charge in [0, 0.05) is 18.7 Å². The van der Waals surface area contributed by atoms with E-state index in [0.29, 0.717) is 24.4 Å². The van der Waals surface area contributed by atoms with Gasteiger partial charge in [-0.15, -0.1) is 11.8 Å². The van der Waals surface area contributed by atoms with Crippen molar-refractivity contribution in [1.82, 2.24) is 10.2 Å². The summed E-state index contributed by atoms with van der Waals surface area (Å²) in [5.41, 5.74) is 5.05. The van der Waals surface area contributed by atoms with E-state index < -0.39 is 0 Å². The maximum absolute atomic E-state index is 12.5. The van der Waals surface area contributed by atoms with Gasteiger partial charge >= 0.3 is 0 Å². The molecule has 0 spiro atoms. The minimum absolute atomic E-state index is 0.0261. The summed E-state index contributed by atoms with van der Waals surface area (Å²) in [6.45, 7) is 3.14. The van der Waals surface area contributed by atoms with E-state index in [2.05, 4.69) is 5.32 Å². The first-order valence-corrected chi connectivity index (χ1v) is 11.0. The normalized spacial score (nSPS) is 16.0. The number of hydrogen-bond acceptors (Lipinski definition) is 3. The van der Waals surface area contributed by atoms with Gasteiger partial charge in [-0.3, -0.25) is 9.59 Å². The van der Waals surface area contributed by atoms with Crippen LogP contribution in [0.4, 0.5) is 0 Å². The van der Waals surface area contributed by atoms with Crippen LogP contribution in [0.15, 0.2) is 78.9 Å². The van der Waals surface area contributed by atoms with Gasteiger partial charge in [0.15, 0.2) is 0 Å². The molecule has 1 fully saturated rings. The van der Waals surface area contributed by atoms with Gasteiger partial charge in [0.1, 0.15) is 5.37 Å². The third kappa shape index (κ3) is 4.57. The Morgan fingerprint density at radius 3 is 2.43 bits per heavy atom. The number of carbonyl (C=O) groups excluding carboxylic acids is 2. The molecule has 0 unspecified atom stereocenters. The number of rotatable bonds is 6. The molecule has 0 bridgehead atoms. The number of hydrogen-bond donors (Lipinski definition) is 1. The third-order valence-corrected chi connectivity index (χ3v) is 6.58. The van der Waals surface area contributed by atoms with Gasteiger partial charge in [0.2, 0.25) is 5.91 Å². The first-order valence-electron chi connectivity index (χ1n) is 9.99. The number of aryl methyl sites for hydroxylation is 1. The second-order valence-electron chi connectivity index (χ2n) is 7.40. The SMILES string of the molecule is Cc1ccccc1CNC(=O)c1ccc([C@H]2SCC(=O)N2Cc2ccccc2)cc1. The summed E-state index contributed by atoms with van der Waals surface area (Å²) in [6, 6.07) is 25.6. The molecule has 4 rings (SSSR count). The van der Waals surface area contributed by atoms with E-state index >= 15 is 0 Å². The van der Waals surface area contributed by atoms with Crippen LogP contribution in [-0.4, -0.2) is 22.5 Å². The number of amides is 2. The number of thioether (sulfide) groups is 1. The minimum atomic E-state index is -0.0962. The average molecular weight is 417 g/mol. The topological polar surface area (TPSA) is 49.4 Å². The lowest BCUT2D eigenvalue weighted by molar-refractivity contribution is -0.128. The molecule has 1 N–H and O–H groups in total. The molecule has 1 saturated heterocycles. The lowest BCUT2D eigenvalue weighted by Gasteiger charge is -2.24. The predicted molar refractivity (Wildman–Crippen MR) is 121 cm³/mol. The van der Waals surface area contributed by atoms with Gasteiger partial charge in [0.25, 0.3) is 5.91 Å². The van der Waals surface area contributed by atoms with E-state index in [9.17, 15) is 9.59 Å². The molecule has 30 heavy (non-hydrogen) atoms. The second kappa shape index (κ2) is 9.18. The number of nitrogens with one attached hydrogen (secondary N) is 1. The molecule has 1 aliphatic heterocycles. The summed E-state index contributed by atoms with van der Waals surface area (Å²) < 4.78 is 0. The molecule has 5 heteroatoms. The van der Waals surface area contributed by atoms with Crippen LogP contribution in [0.25, 0.3) is 0 Å². The van der Waals surface area contributed by atoms with Crippen LogP contribution in [0.1, 0.15) is 38.0 Å². The van der Waals surface area contributed by atoms with Crippen molar-refractivity contribution in [2.75, 3.05) is 5.75 Å². The predicted octanol–water partition coefficient (Wildman–Crippen LogP) is 4.70. The molecule has 3 aromatic rings. The van der Waals surface area contributed by atoms with Crippen LogP contribution in [0.3, 0.4) is 0 Å². The van der Waals surface area contributed by atoms with Crippen molar-refractivity contribution in [2.45, 2.75) is 25.4 Å². The zero-order chi connectivity index (χ0) is 20.9. The first kappa shape index (κ1) is 20.2. The van der Waals surface area contributed by atoms with Crippen molar-refractivity contribution in [3.63, 3.8) is 0 Å². The molecule has 1 aliphatic rings. The maximum atomic E-state index is 12.5. The highest BCUT2D eigenvalue weighted by Crippen LogP contribution is 2.39. The molecule has 0 saturated carbocycles. The van der Waals surface area contributed by atoms with E-state index in [0.717, 1.165) is 22.3 Å². The highest BCUT2D eigenvalue weighted by molar-refractivity contribution is 8.00. The van der Waals surface area contributed by atoms with Crippen LogP contribution in [0, 0.1) is 6.92 Å². The number of carbonyl (C=O) groups is 2. The fourth-order valence-corrected chi connectivity index (χ4v) is 4.75. The van der Waals surface area contributed by atoms with Gasteiger partial charge in [-0.25, -0.2) is 0 Å². The average Bonchev–Trinajstić information content (AvgIpc) is 3.14. The monoisotopic (exact) mass is 416 g/mol. The quantitative estimate of drug-likeness (QED) is 0.634. The van der Waals surface area contributed by atoms with E-state index in [1.807, 2.05) is 90.7 Å². The van der Waals surface area contributed by atoms with Gasteiger partial charge in [-0.1, -0.05) is 66.7 Å². The van der Waals surface area contributed by atoms with Crippen molar-refractivity contribution < 1.29 is 9.59 Å². The Hall–Kier alpha value is -3.05. The van der Waals surface area contributed by atoms with Crippen molar-refractivity contribution in [2.24, 2.45) is 0 Å². The Morgan fingerprint density at radius 1 is 1.00 bits per heavy atom. The molecule has 0 aliphatic carbocycles. The molecule has 1 heterocycles. The first-order chi connectivity index (χ1) is 14.6. The van der Waals surface area contributed by atoms with Crippen LogP contribution in [0.5, 0.6) is 0 Å². The smallest absolute Gasteiger partial charge is 0.251 e. The fourth-order valence-electron chi connectivity index (χ4n) is 3.57. The highest BCUT2D eigenvalue weighted by Gasteiger charge is 2.32. The Bertz CT molecular complexity index is 1030. The summed E-state index contributed by atoms with van der Waals surface area (Å²) in [4.78, 5) is 26.9. The van der Waals surface area contributed by atoms with E-state index in [-0.39, 0.29) is 17.2 Å². The third-order valence-electron chi connectivity index (χ3n) is 5.32. The van der Waals surface area contributed by atoms with E-state index in [4.69, 9.17) is 0 Å². The van der Waals surface area contributed by atoms with Crippen LogP contribution >= 0.6 is 11.8 Å². The summed E-state index contributed by atoms with van der Waals surface area (Å²) in [5, 5.41) is 2.96. The zero-order valence-corrected chi connectivity index (χ0v) is 17.7. The highest BCUT2D eigenvalue weighted by atomic mass is 32.2. The minimum Gasteiger partial charge on any atom is -0.348 e. The Kier molecular flexibility index (Phi) is 6.19. The summed E-state index contributed by atoms with van der Waals surface area (Å²) >= 11 is 1.63. The molecule has 1 atom stereocenters. The number of benzene rings is 3. The Morgan fingerprint density at radius 2 is 1.70 bits per heavy atom. The lowest BCUT2D eigenvalue weighted by Crippen LogP contribution is -2.27. The standard InChI is InChI=1S/C25H24N2O2S/c1-18-7-5-6-10-22(18)15-26-24(29)20-11-13-21(14-12-20)25-27(23(28)17-30-25)16-19-8-3-2-4-9-19/h2-14,25H,15-17H2,1H3,(H,26,29)/t25-/m1/s1. The molecule has 3 aromatic carbocycles. The molecular weight excluding hydrogens is 392 g/mol. The van der Waals surface area contributed by atoms with Crippen molar-refractivity contribution in [3.8, 4) is 0 Å². The number of nitrogens with zero attached hydrogens (tertiary/aromatic N) is 1. The Labute approximate surface area is 181 Å². The van der Waals surface area contributed by atoms with Gasteiger partial charge in [-0.2, -0.15) is 0 Å². The fraction of sp³-hybridized carbons (Fsp3) is 0.200. The molecular formula is C25H24N2O2S. The molecule has 2 amide bonds. The van der Waals surface area contributed by atoms with Gasteiger partial charge in [-0.05, 0) is 41.3 Å². The molecule has 4 nitrogen and oxygen atoms in total. The summed E-state index contributed by atoms with van der Waals surface area (Å²) in [7, 11) is 0. The summed E-state index contributed by atoms with van der Waals surface area (Å²) in [6.07, 6.45) is 0. The largest absolute Gasteiger partial charge is 0.348 e. The second-order valence-corrected chi connectivity index (χ2v) is 8.47. The molecule has 152 valence electrons. The van der Waals surface area contributed by atoms with E-state index in [1.165, 1.54) is 0 Å². The lowest BCUT2D eigenvalue weighted by atomic mass is 10.1. The van der Waals surface area contributed by atoms with Crippen molar-refractivity contribution in [3.05, 3.63) is 107 Å². The van der Waals surface area contributed by atoms with Crippen LogP contribution in [0.2, 0.25) is 0 Å². The molecule has 0 radical (unpaired) electrons. The van der Waals surface area contributed by atoms with E-state index in [1.54, 1.807) is 11.8 Å². The zero-order valence-electron chi connectivity index (χ0n) is 16.9. The molecule has 0 aromatic heterocycles. The Balaban J connectivity index is 1.42. The van der Waals surface area contributed by atoms with Gasteiger partial charge < -0.3 is 10.2 Å². The van der Waals surface area contributed by atoms with Crippen molar-refractivity contribution in [1.29, 1.82) is 0 Å². The van der Waals surface area contributed by atoms with Gasteiger partial charge in [0.05, 0.1) is 5.75 Å².